The summed E-state index contributed by atoms with van der Waals surface area (Å²) in [5.74, 6) is 0. The van der Waals surface area contributed by atoms with Gasteiger partial charge in [-0.3, -0.25) is 0 Å². The van der Waals surface area contributed by atoms with Crippen LogP contribution in [0.25, 0.3) is 37.2 Å². The molecule has 4 nitrogen and oxygen atoms in total. The number of nitrogens with zero attached hydrogens (tertiary/aromatic N) is 4. The summed E-state index contributed by atoms with van der Waals surface area (Å²) in [7, 11) is -6.92. The Kier molecular flexibility index (Phi) is 10.8. The van der Waals surface area contributed by atoms with Crippen molar-refractivity contribution in [1.82, 2.24) is 0 Å². The Balaban J connectivity index is 1.45. The first kappa shape index (κ1) is 42.9. The SMILES string of the molecule is [C-]#[N+]c1ccc(N(c2cc([Si](C)(C)C)cc([Si](C)(C)C)c2)c2ccc3ccc4c(N(c5cc([Si](C)(C)C)cc([Si](C)(C)C)c5)c5ccccc5C#N)ccc5ccc2c3c54)cc1. The minimum Gasteiger partial charge on any atom is -0.310 e. The van der Waals surface area contributed by atoms with E-state index in [0.717, 1.165) is 39.5 Å². The lowest BCUT2D eigenvalue weighted by molar-refractivity contribution is 1.29. The van der Waals surface area contributed by atoms with Gasteiger partial charge in [0.15, 0.2) is 5.69 Å². The van der Waals surface area contributed by atoms with Gasteiger partial charge in [-0.15, -0.1) is 0 Å². The monoisotopic (exact) mass is 874 g/mol. The van der Waals surface area contributed by atoms with E-state index in [1.807, 2.05) is 24.3 Å². The lowest BCUT2D eigenvalue weighted by Crippen LogP contribution is -2.45. The van der Waals surface area contributed by atoms with Crippen molar-refractivity contribution in [3.63, 3.8) is 0 Å². The summed E-state index contributed by atoms with van der Waals surface area (Å²) in [6.07, 6.45) is 0. The first-order chi connectivity index (χ1) is 29.2. The predicted molar refractivity (Wildman–Crippen MR) is 282 cm³/mol. The fraction of sp³-hybridized carbons (Fsp3) is 0.222. The maximum Gasteiger partial charge on any atom is 0.187 e. The molecule has 8 rings (SSSR count). The standard InChI is InChI=1S/C54H58N4Si4/c1-56-40-22-24-41(25-23-40)57(42-30-44(59(2,3)4)34-45(31-42)60(5,6)7)51-28-20-37-19-27-49-52(29-21-38-18-26-48(51)53(37)54(38)49)58(50-17-15-14-16-39(50)36-55)43-32-46(61(8,9)10)35-47(33-43)62(11,12)13/h14-35H,2-13H3. The highest BCUT2D eigenvalue weighted by molar-refractivity contribution is 6.92. The molecule has 0 heterocycles. The van der Waals surface area contributed by atoms with E-state index in [9.17, 15) is 5.26 Å². The fourth-order valence-corrected chi connectivity index (χ4v) is 13.6. The van der Waals surface area contributed by atoms with Crippen molar-refractivity contribution in [2.45, 2.75) is 78.6 Å². The second-order valence-electron chi connectivity index (χ2n) is 21.1. The topological polar surface area (TPSA) is 34.6 Å². The molecule has 0 aliphatic carbocycles. The van der Waals surface area contributed by atoms with Gasteiger partial charge in [0.25, 0.3) is 0 Å². The minimum absolute atomic E-state index is 0.630. The zero-order valence-electron chi connectivity index (χ0n) is 38.5. The van der Waals surface area contributed by atoms with E-state index < -0.39 is 32.3 Å². The van der Waals surface area contributed by atoms with Crippen LogP contribution in [0.4, 0.5) is 39.8 Å². The van der Waals surface area contributed by atoms with Crippen LogP contribution in [-0.4, -0.2) is 32.3 Å². The zero-order chi connectivity index (χ0) is 44.5. The largest absolute Gasteiger partial charge is 0.310 e. The van der Waals surface area contributed by atoms with E-state index >= 15 is 0 Å². The third-order valence-electron chi connectivity index (χ3n) is 12.4. The Hall–Kier alpha value is -5.75. The van der Waals surface area contributed by atoms with Gasteiger partial charge in [0.1, 0.15) is 6.07 Å². The fourth-order valence-electron chi connectivity index (χ4n) is 8.65. The van der Waals surface area contributed by atoms with Gasteiger partial charge in [-0.1, -0.05) is 172 Å². The lowest BCUT2D eigenvalue weighted by atomic mass is 9.91. The molecule has 0 aliphatic rings. The molecule has 0 spiro atoms. The van der Waals surface area contributed by atoms with Crippen molar-refractivity contribution in [2.75, 3.05) is 9.80 Å². The van der Waals surface area contributed by atoms with Crippen molar-refractivity contribution >= 4 is 125 Å². The van der Waals surface area contributed by atoms with Crippen molar-refractivity contribution in [3.8, 4) is 6.07 Å². The summed E-state index contributed by atoms with van der Waals surface area (Å²) in [5.41, 5.74) is 7.62. The smallest absolute Gasteiger partial charge is 0.187 e. The molecule has 0 bridgehead atoms. The van der Waals surface area contributed by atoms with Crippen molar-refractivity contribution in [3.05, 3.63) is 150 Å². The number of rotatable bonds is 10. The normalized spacial score (nSPS) is 12.5. The molecule has 0 saturated carbocycles. The number of benzene rings is 8. The molecule has 0 fully saturated rings. The molecule has 8 aromatic rings. The number of para-hydroxylation sites is 1. The van der Waals surface area contributed by atoms with Gasteiger partial charge in [-0.05, 0) is 82.2 Å². The molecule has 0 radical (unpaired) electrons. The molecule has 0 saturated heterocycles. The average molecular weight is 875 g/mol. The Morgan fingerprint density at radius 3 is 1.26 bits per heavy atom. The van der Waals surface area contributed by atoms with Gasteiger partial charge < -0.3 is 9.80 Å². The quantitative estimate of drug-likeness (QED) is 0.0780. The second-order valence-corrected chi connectivity index (χ2v) is 41.4. The Labute approximate surface area is 373 Å². The van der Waals surface area contributed by atoms with E-state index in [2.05, 4.69) is 208 Å². The van der Waals surface area contributed by atoms with Crippen LogP contribution < -0.4 is 30.5 Å². The van der Waals surface area contributed by atoms with Crippen LogP contribution in [0.15, 0.2) is 133 Å². The average Bonchev–Trinajstić information content (AvgIpc) is 3.22. The van der Waals surface area contributed by atoms with Crippen LogP contribution in [0, 0.1) is 17.9 Å². The molecule has 8 aromatic carbocycles. The van der Waals surface area contributed by atoms with Gasteiger partial charge in [-0.2, -0.15) is 5.26 Å². The molecule has 0 aliphatic heterocycles. The zero-order valence-corrected chi connectivity index (χ0v) is 42.5. The number of hydrogen-bond donors (Lipinski definition) is 0. The van der Waals surface area contributed by atoms with E-state index in [1.165, 1.54) is 47.7 Å². The maximum atomic E-state index is 10.6. The molecule has 0 atom stereocenters. The maximum absolute atomic E-state index is 10.6. The van der Waals surface area contributed by atoms with Crippen LogP contribution in [-0.2, 0) is 0 Å². The summed E-state index contributed by atoms with van der Waals surface area (Å²) in [6, 6.07) is 51.6. The number of anilines is 6. The van der Waals surface area contributed by atoms with Gasteiger partial charge >= 0.3 is 0 Å². The molecular formula is C54H58N4Si4. The first-order valence-electron chi connectivity index (χ1n) is 21.8. The molecule has 0 N–H and O–H groups in total. The number of nitriles is 1. The van der Waals surface area contributed by atoms with Crippen LogP contribution in [0.2, 0.25) is 78.6 Å². The van der Waals surface area contributed by atoms with Crippen molar-refractivity contribution in [2.24, 2.45) is 0 Å². The third-order valence-corrected chi connectivity index (χ3v) is 20.5. The molecule has 62 heavy (non-hydrogen) atoms. The van der Waals surface area contributed by atoms with Gasteiger partial charge in [0, 0.05) is 27.8 Å². The minimum atomic E-state index is -1.74. The Morgan fingerprint density at radius 1 is 0.435 bits per heavy atom. The van der Waals surface area contributed by atoms with Gasteiger partial charge in [0.05, 0.1) is 61.5 Å². The van der Waals surface area contributed by atoms with E-state index in [1.54, 1.807) is 0 Å². The van der Waals surface area contributed by atoms with Crippen LogP contribution >= 0.6 is 0 Å². The molecule has 0 amide bonds. The van der Waals surface area contributed by atoms with E-state index in [4.69, 9.17) is 6.57 Å². The van der Waals surface area contributed by atoms with Crippen molar-refractivity contribution < 1.29 is 0 Å². The molecular weight excluding hydrogens is 817 g/mol. The predicted octanol–water partition coefficient (Wildman–Crippen LogP) is 14.1. The van der Waals surface area contributed by atoms with Crippen LogP contribution in [0.1, 0.15) is 5.56 Å². The van der Waals surface area contributed by atoms with Crippen LogP contribution in [0.3, 0.4) is 0 Å². The number of hydrogen-bond acceptors (Lipinski definition) is 3. The highest BCUT2D eigenvalue weighted by atomic mass is 28.3. The Morgan fingerprint density at radius 2 is 0.839 bits per heavy atom. The summed E-state index contributed by atoms with van der Waals surface area (Å²) in [5, 5.41) is 23.5. The molecule has 0 unspecified atom stereocenters. The Bertz CT molecular complexity index is 3030. The van der Waals surface area contributed by atoms with E-state index in [0.29, 0.717) is 11.3 Å². The summed E-state index contributed by atoms with van der Waals surface area (Å²) >= 11 is 0. The van der Waals surface area contributed by atoms with E-state index in [-0.39, 0.29) is 0 Å². The highest BCUT2D eigenvalue weighted by Crippen LogP contribution is 2.48. The van der Waals surface area contributed by atoms with Gasteiger partial charge in [0.2, 0.25) is 0 Å². The molecule has 8 heteroatoms. The third kappa shape index (κ3) is 7.93. The van der Waals surface area contributed by atoms with Crippen molar-refractivity contribution in [1.29, 1.82) is 5.26 Å². The summed E-state index contributed by atoms with van der Waals surface area (Å²) in [4.78, 5) is 8.55. The summed E-state index contributed by atoms with van der Waals surface area (Å²) in [6.45, 7) is 36.9. The summed E-state index contributed by atoms with van der Waals surface area (Å²) < 4.78 is 0. The lowest BCUT2D eigenvalue weighted by Gasteiger charge is -2.32. The van der Waals surface area contributed by atoms with Crippen LogP contribution in [0.5, 0.6) is 0 Å². The first-order valence-corrected chi connectivity index (χ1v) is 35.8. The van der Waals surface area contributed by atoms with Gasteiger partial charge in [-0.25, -0.2) is 4.85 Å². The highest BCUT2D eigenvalue weighted by Gasteiger charge is 2.29. The second kappa shape index (κ2) is 15.6. The molecule has 310 valence electrons. The molecule has 0 aromatic heterocycles.